The van der Waals surface area contributed by atoms with Gasteiger partial charge in [0.2, 0.25) is 41.4 Å². The number of urea groups is 1. The van der Waals surface area contributed by atoms with E-state index in [2.05, 4.69) is 21.3 Å². The van der Waals surface area contributed by atoms with Crippen LogP contribution >= 0.6 is 0 Å². The number of aliphatic carboxylic acids is 1. The van der Waals surface area contributed by atoms with E-state index in [1.807, 2.05) is 58.0 Å². The number of benzene rings is 2. The van der Waals surface area contributed by atoms with Crippen molar-refractivity contribution in [2.45, 2.75) is 220 Å². The number of nitrogens with zero attached hydrogens (tertiary/aromatic N) is 4. The highest BCUT2D eigenvalue weighted by Crippen LogP contribution is 2.43. The fourth-order valence-corrected chi connectivity index (χ4v) is 14.6. The smallest absolute Gasteiger partial charge is 0.411 e. The van der Waals surface area contributed by atoms with Crippen molar-refractivity contribution in [3.05, 3.63) is 65.7 Å². The minimum Gasteiger partial charge on any atom is -0.481 e. The van der Waals surface area contributed by atoms with Crippen LogP contribution in [0, 0.1) is 47.3 Å². The molecule has 14 atom stereocenters. The first-order valence-corrected chi connectivity index (χ1v) is 34.9. The molecule has 3 saturated heterocycles. The van der Waals surface area contributed by atoms with Crippen LogP contribution in [0.3, 0.4) is 0 Å². The lowest BCUT2D eigenvalue weighted by atomic mass is 9.85. The molecular formula is C72H107N9O16. The summed E-state index contributed by atoms with van der Waals surface area (Å²) in [6.07, 6.45) is 3.76. The SMILES string of the molecule is CC[C@H](C)[C@@H]([C@@H](CC(=O)N1CCC[C@H]1[C@H](OC)[C@@H](C)C(=O)C[C@@H](Cc1ccccc1)C(=O)O)OC)N(C)C(=O)[C@@H](NC(=O)[C@@H]1[C@H]2CC[C@@H](C2)N1C(=O)OCc1ccc(NC(=O)[C@@H](CCCNC(N)=O)CC(=O)[C@H](NC(=O)CCCCCN2C(=O)CC(C)C2=O)C(C)C)cc1)C(C)C. The fraction of sp³-hybridized carbons (Fsp3) is 0.667. The van der Waals surface area contributed by atoms with Crippen LogP contribution in [0.5, 0.6) is 0 Å². The molecule has 0 radical (unpaired) electrons. The quantitative estimate of drug-likeness (QED) is 0.0285. The predicted molar refractivity (Wildman–Crippen MR) is 361 cm³/mol. The summed E-state index contributed by atoms with van der Waals surface area (Å²) in [7, 11) is 4.64. The van der Waals surface area contributed by atoms with E-state index in [9.17, 15) is 62.6 Å². The minimum atomic E-state index is -1.07. The number of carboxylic acids is 1. The molecule has 4 aliphatic rings. The highest BCUT2D eigenvalue weighted by atomic mass is 16.6. The van der Waals surface area contributed by atoms with Gasteiger partial charge in [0, 0.05) is 96.1 Å². The first-order chi connectivity index (χ1) is 46.1. The van der Waals surface area contributed by atoms with Crippen LogP contribution in [0.15, 0.2) is 54.6 Å². The van der Waals surface area contributed by atoms with Crippen molar-refractivity contribution >= 4 is 76.7 Å². The topological polar surface area (TPSA) is 340 Å². The number of fused-ring (bicyclic) bond motifs is 2. The number of ketones is 2. The number of Topliss-reactive ketones (excluding diaryl/α,β-unsaturated/α-hetero) is 2. The molecule has 10 amide bonds. The molecule has 2 aromatic carbocycles. The van der Waals surface area contributed by atoms with Gasteiger partial charge in [0.25, 0.3) is 0 Å². The Morgan fingerprint density at radius 3 is 2.06 bits per heavy atom. The van der Waals surface area contributed by atoms with Gasteiger partial charge in [-0.1, -0.05) is 111 Å². The van der Waals surface area contributed by atoms with Gasteiger partial charge < -0.3 is 56.1 Å². The van der Waals surface area contributed by atoms with Gasteiger partial charge in [-0.15, -0.1) is 0 Å². The number of carbonyl (C=O) groups is 12. The van der Waals surface area contributed by atoms with E-state index in [1.54, 1.807) is 68.8 Å². The Morgan fingerprint density at radius 1 is 0.773 bits per heavy atom. The number of unbranched alkanes of at least 4 members (excludes halogenated alkanes) is 2. The molecule has 2 bridgehead atoms. The number of carbonyl (C=O) groups excluding carboxylic acids is 11. The van der Waals surface area contributed by atoms with E-state index >= 15 is 0 Å². The number of hydrogen-bond acceptors (Lipinski definition) is 15. The minimum absolute atomic E-state index is 0.104. The number of nitrogens with one attached hydrogen (secondary N) is 4. The average Bonchev–Trinajstić information content (AvgIpc) is 1.62. The van der Waals surface area contributed by atoms with Crippen molar-refractivity contribution in [3.63, 3.8) is 0 Å². The summed E-state index contributed by atoms with van der Waals surface area (Å²) in [6, 6.07) is 10.8. The molecule has 0 spiro atoms. The highest BCUT2D eigenvalue weighted by molar-refractivity contribution is 6.03. The van der Waals surface area contributed by atoms with Gasteiger partial charge in [-0.05, 0) is 111 Å². The van der Waals surface area contributed by atoms with Gasteiger partial charge in [-0.2, -0.15) is 0 Å². The van der Waals surface area contributed by atoms with E-state index in [4.69, 9.17) is 19.9 Å². The number of piperidine rings is 1. The van der Waals surface area contributed by atoms with Gasteiger partial charge in [0.15, 0.2) is 5.78 Å². The van der Waals surface area contributed by atoms with E-state index in [1.165, 1.54) is 24.0 Å². The lowest BCUT2D eigenvalue weighted by Gasteiger charge is -2.41. The third-order valence-corrected chi connectivity index (χ3v) is 20.3. The number of imide groups is 1. The Bertz CT molecular complexity index is 3060. The van der Waals surface area contributed by atoms with Crippen molar-refractivity contribution in [2.75, 3.05) is 46.2 Å². The van der Waals surface area contributed by atoms with Crippen molar-refractivity contribution < 1.29 is 76.9 Å². The number of rotatable bonds is 39. The first kappa shape index (κ1) is 78.2. The number of methoxy groups -OCH3 is 2. The van der Waals surface area contributed by atoms with Gasteiger partial charge in [-0.3, -0.25) is 57.7 Å². The van der Waals surface area contributed by atoms with Gasteiger partial charge >= 0.3 is 18.1 Å². The first-order valence-electron chi connectivity index (χ1n) is 34.9. The molecule has 0 aromatic heterocycles. The van der Waals surface area contributed by atoms with Crippen LogP contribution in [0.25, 0.3) is 0 Å². The molecule has 2 aromatic rings. The second-order valence-corrected chi connectivity index (χ2v) is 27.9. The largest absolute Gasteiger partial charge is 0.481 e. The van der Waals surface area contributed by atoms with Gasteiger partial charge in [-0.25, -0.2) is 9.59 Å². The standard InChI is InChI=1S/C72H107N9O16/c1-12-44(6)63(57(95-10)40-60(86)79-34-20-24-54(79)65(96-11)46(8)55(82)39-51(70(91)92)36-47-21-15-13-16-22-47)78(9)69(90)62(43(4)5)77-67(88)64-49-28-31-53(37-49)81(64)72(94)97-41-48-26-29-52(30-27-48)75-66(87)50(23-19-32-74-71(73)93)38-56(83)61(42(2)3)76-58(84)25-17-14-18-33-80-59(85)35-45(7)68(80)89/h13,15-16,21-22,26-27,29-30,42-46,49-51,53-54,57,61-65H,12,14,17-20,23-25,28,31-41H2,1-11H3,(H,75,87)(H,76,84)(H,77,88)(H,91,92)(H3,73,74,93)/t44-,45?,46-,49-,50-,51+,53-,54-,57+,61+,62-,63-,64-,65+/m0/s1. The maximum absolute atomic E-state index is 14.9. The Morgan fingerprint density at radius 2 is 1.45 bits per heavy atom. The van der Waals surface area contributed by atoms with E-state index in [0.29, 0.717) is 88.5 Å². The Hall–Kier alpha value is -7.80. The second kappa shape index (κ2) is 37.2. The molecule has 6 rings (SSSR count). The van der Waals surface area contributed by atoms with Crippen LogP contribution < -0.4 is 27.0 Å². The maximum Gasteiger partial charge on any atom is 0.411 e. The second-order valence-electron chi connectivity index (χ2n) is 27.9. The summed E-state index contributed by atoms with van der Waals surface area (Å²) < 4.78 is 18.0. The molecule has 25 heteroatoms. The zero-order valence-corrected chi connectivity index (χ0v) is 58.7. The molecule has 3 aliphatic heterocycles. The lowest BCUT2D eigenvalue weighted by Crippen LogP contribution is -2.60. The zero-order chi connectivity index (χ0) is 71.4. The summed E-state index contributed by atoms with van der Waals surface area (Å²) in [5.74, 6) is -7.90. The number of carboxylic acid groups (broad SMARTS) is 1. The third kappa shape index (κ3) is 21.4. The summed E-state index contributed by atoms with van der Waals surface area (Å²) in [5.41, 5.74) is 7.05. The molecule has 7 N–H and O–H groups in total. The van der Waals surface area contributed by atoms with Crippen molar-refractivity contribution in [2.24, 2.45) is 53.1 Å². The fourth-order valence-electron chi connectivity index (χ4n) is 14.6. The molecule has 97 heavy (non-hydrogen) atoms. The van der Waals surface area contributed by atoms with Crippen molar-refractivity contribution in [1.29, 1.82) is 0 Å². The molecule has 25 nitrogen and oxygen atoms in total. The molecular weight excluding hydrogens is 1250 g/mol. The Labute approximate surface area is 571 Å². The molecule has 1 saturated carbocycles. The Balaban J connectivity index is 1.04. The number of hydrogen-bond donors (Lipinski definition) is 6. The summed E-state index contributed by atoms with van der Waals surface area (Å²) in [6.45, 7) is 15.3. The van der Waals surface area contributed by atoms with Crippen LogP contribution in [-0.4, -0.2) is 185 Å². The molecule has 4 fully saturated rings. The predicted octanol–water partition coefficient (Wildman–Crippen LogP) is 7.20. The number of primary amides is 1. The number of likely N-dealkylation sites (N-methyl/N-ethyl adjacent to an activating group) is 1. The van der Waals surface area contributed by atoms with Crippen LogP contribution in [0.1, 0.15) is 169 Å². The summed E-state index contributed by atoms with van der Waals surface area (Å²) >= 11 is 0. The zero-order valence-electron chi connectivity index (χ0n) is 58.7. The summed E-state index contributed by atoms with van der Waals surface area (Å²) in [5, 5.41) is 21.4. The molecule has 3 heterocycles. The normalized spacial score (nSPS) is 21.1. The number of ether oxygens (including phenoxy) is 3. The van der Waals surface area contributed by atoms with Crippen molar-refractivity contribution in [1.82, 2.24) is 35.6 Å². The van der Waals surface area contributed by atoms with E-state index in [0.717, 1.165) is 5.56 Å². The molecule has 1 unspecified atom stereocenters. The van der Waals surface area contributed by atoms with Gasteiger partial charge in [0.05, 0.1) is 42.7 Å². The van der Waals surface area contributed by atoms with Crippen LogP contribution in [-0.2, 0) is 75.2 Å². The number of amides is 10. The van der Waals surface area contributed by atoms with E-state index < -0.39 is 102 Å². The maximum atomic E-state index is 14.9. The monoisotopic (exact) mass is 1350 g/mol. The average molecular weight is 1350 g/mol. The molecule has 1 aliphatic carbocycles. The van der Waals surface area contributed by atoms with E-state index in [-0.39, 0.29) is 123 Å². The Kier molecular flexibility index (Phi) is 30.0. The highest BCUT2D eigenvalue weighted by Gasteiger charge is 2.53. The molecule has 536 valence electrons. The van der Waals surface area contributed by atoms with Crippen LogP contribution in [0.2, 0.25) is 0 Å². The van der Waals surface area contributed by atoms with Crippen LogP contribution in [0.4, 0.5) is 15.3 Å². The van der Waals surface area contributed by atoms with Gasteiger partial charge in [0.1, 0.15) is 24.5 Å². The lowest BCUT2D eigenvalue weighted by molar-refractivity contribution is -0.148. The number of anilines is 1. The van der Waals surface area contributed by atoms with Crippen molar-refractivity contribution in [3.8, 4) is 0 Å². The number of nitrogens with two attached hydrogens (primary N) is 1. The third-order valence-electron chi connectivity index (χ3n) is 20.3. The number of likely N-dealkylation sites (tertiary alicyclic amines) is 3. The summed E-state index contributed by atoms with van der Waals surface area (Å²) in [4.78, 5) is 167.